The van der Waals surface area contributed by atoms with Crippen molar-refractivity contribution in [3.8, 4) is 5.75 Å². The Hall–Kier alpha value is -1.50. The van der Waals surface area contributed by atoms with E-state index in [1.54, 1.807) is 29.1 Å². The van der Waals surface area contributed by atoms with Crippen LogP contribution in [-0.4, -0.2) is 21.6 Å². The molecule has 4 nitrogen and oxygen atoms in total. The van der Waals surface area contributed by atoms with Crippen LogP contribution in [-0.2, 0) is 11.9 Å². The van der Waals surface area contributed by atoms with Gasteiger partial charge in [0.2, 0.25) is 0 Å². The van der Waals surface area contributed by atoms with E-state index < -0.39 is 6.61 Å². The minimum atomic E-state index is -2.83. The third-order valence-electron chi connectivity index (χ3n) is 2.24. The molecule has 1 aromatic carbocycles. The molecule has 0 atom stereocenters. The van der Waals surface area contributed by atoms with Gasteiger partial charge in [0.25, 0.3) is 0 Å². The molecule has 0 unspecified atom stereocenters. The van der Waals surface area contributed by atoms with Gasteiger partial charge in [-0.1, -0.05) is 39.3 Å². The van der Waals surface area contributed by atoms with Crippen molar-refractivity contribution in [2.75, 3.05) is 0 Å². The lowest BCUT2D eigenvalue weighted by atomic mass is 10.2. The highest BCUT2D eigenvalue weighted by Crippen LogP contribution is 2.21. The fourth-order valence-corrected chi connectivity index (χ4v) is 1.75. The van der Waals surface area contributed by atoms with Crippen molar-refractivity contribution in [1.82, 2.24) is 15.0 Å². The summed E-state index contributed by atoms with van der Waals surface area (Å²) >= 11 is 3.26. The Labute approximate surface area is 111 Å². The number of para-hydroxylation sites is 1. The van der Waals surface area contributed by atoms with Gasteiger partial charge in [-0.25, -0.2) is 4.68 Å². The molecule has 0 N–H and O–H groups in total. The maximum absolute atomic E-state index is 12.2. The molecule has 0 aliphatic carbocycles. The molecule has 7 heteroatoms. The topological polar surface area (TPSA) is 39.9 Å². The smallest absolute Gasteiger partial charge is 0.387 e. The number of ether oxygens (including phenoxy) is 1. The summed E-state index contributed by atoms with van der Waals surface area (Å²) in [6, 6.07) is 6.62. The van der Waals surface area contributed by atoms with E-state index in [2.05, 4.69) is 31.0 Å². The molecule has 1 aromatic heterocycles. The quantitative estimate of drug-likeness (QED) is 0.796. The second-order valence-electron chi connectivity index (χ2n) is 3.53. The molecule has 0 spiro atoms. The van der Waals surface area contributed by atoms with Gasteiger partial charge in [-0.3, -0.25) is 0 Å². The van der Waals surface area contributed by atoms with E-state index in [0.29, 0.717) is 17.4 Å². The van der Waals surface area contributed by atoms with Crippen LogP contribution in [0.5, 0.6) is 5.75 Å². The molecule has 0 radical (unpaired) electrons. The minimum Gasteiger partial charge on any atom is -0.434 e. The summed E-state index contributed by atoms with van der Waals surface area (Å²) < 4.78 is 30.5. The minimum absolute atomic E-state index is 0.156. The first-order valence-electron chi connectivity index (χ1n) is 5.16. The predicted molar refractivity (Wildman–Crippen MR) is 64.8 cm³/mol. The van der Waals surface area contributed by atoms with Gasteiger partial charge in [-0.15, -0.1) is 5.10 Å². The monoisotopic (exact) mass is 317 g/mol. The van der Waals surface area contributed by atoms with Crippen LogP contribution in [0.2, 0.25) is 0 Å². The fraction of sp³-hybridized carbons (Fsp3) is 0.273. The van der Waals surface area contributed by atoms with Gasteiger partial charge in [-0.05, 0) is 6.07 Å². The maximum Gasteiger partial charge on any atom is 0.387 e. The van der Waals surface area contributed by atoms with Gasteiger partial charge in [0, 0.05) is 17.1 Å². The molecule has 0 aliphatic heterocycles. The Morgan fingerprint density at radius 3 is 2.78 bits per heavy atom. The van der Waals surface area contributed by atoms with Crippen molar-refractivity contribution in [2.24, 2.45) is 0 Å². The van der Waals surface area contributed by atoms with Crippen molar-refractivity contribution in [3.63, 3.8) is 0 Å². The Balaban J connectivity index is 2.17. The van der Waals surface area contributed by atoms with Crippen molar-refractivity contribution in [3.05, 3.63) is 41.7 Å². The van der Waals surface area contributed by atoms with E-state index in [4.69, 9.17) is 0 Å². The van der Waals surface area contributed by atoms with Crippen molar-refractivity contribution < 1.29 is 13.5 Å². The van der Waals surface area contributed by atoms with Crippen LogP contribution in [0.4, 0.5) is 8.78 Å². The third kappa shape index (κ3) is 3.25. The van der Waals surface area contributed by atoms with Crippen LogP contribution >= 0.6 is 15.9 Å². The average molecular weight is 318 g/mol. The van der Waals surface area contributed by atoms with Crippen LogP contribution in [0, 0.1) is 0 Å². The van der Waals surface area contributed by atoms with E-state index >= 15 is 0 Å². The second-order valence-corrected chi connectivity index (χ2v) is 4.09. The number of halogens is 3. The SMILES string of the molecule is FC(F)Oc1ccccc1Cn1cc(CBr)nn1. The lowest BCUT2D eigenvalue weighted by Gasteiger charge is -2.09. The number of nitrogens with zero attached hydrogens (tertiary/aromatic N) is 3. The highest BCUT2D eigenvalue weighted by Gasteiger charge is 2.10. The summed E-state index contributed by atoms with van der Waals surface area (Å²) in [6.45, 7) is -2.50. The molecule has 0 fully saturated rings. The van der Waals surface area contributed by atoms with E-state index in [0.717, 1.165) is 5.69 Å². The van der Waals surface area contributed by atoms with Crippen LogP contribution in [0.15, 0.2) is 30.5 Å². The fourth-order valence-electron chi connectivity index (χ4n) is 1.50. The highest BCUT2D eigenvalue weighted by atomic mass is 79.9. The van der Waals surface area contributed by atoms with Crippen molar-refractivity contribution >= 4 is 15.9 Å². The first-order chi connectivity index (χ1) is 8.69. The number of alkyl halides is 3. The Kier molecular flexibility index (Phi) is 4.24. The van der Waals surface area contributed by atoms with E-state index in [1.807, 2.05) is 0 Å². The number of hydrogen-bond acceptors (Lipinski definition) is 3. The van der Waals surface area contributed by atoms with E-state index in [-0.39, 0.29) is 5.75 Å². The molecule has 18 heavy (non-hydrogen) atoms. The zero-order valence-electron chi connectivity index (χ0n) is 9.26. The van der Waals surface area contributed by atoms with E-state index in [9.17, 15) is 8.78 Å². The summed E-state index contributed by atoms with van der Waals surface area (Å²) in [7, 11) is 0. The van der Waals surface area contributed by atoms with Gasteiger partial charge in [-0.2, -0.15) is 8.78 Å². The Morgan fingerprint density at radius 2 is 2.11 bits per heavy atom. The average Bonchev–Trinajstić information content (AvgIpc) is 2.79. The molecule has 0 saturated carbocycles. The van der Waals surface area contributed by atoms with Gasteiger partial charge < -0.3 is 4.74 Å². The van der Waals surface area contributed by atoms with Crippen molar-refractivity contribution in [1.29, 1.82) is 0 Å². The number of hydrogen-bond donors (Lipinski definition) is 0. The second kappa shape index (κ2) is 5.90. The Morgan fingerprint density at radius 1 is 1.33 bits per heavy atom. The van der Waals surface area contributed by atoms with Gasteiger partial charge in [0.1, 0.15) is 5.75 Å². The molecule has 96 valence electrons. The molecular weight excluding hydrogens is 308 g/mol. The summed E-state index contributed by atoms with van der Waals surface area (Å²) in [5.74, 6) is 0.156. The number of benzene rings is 1. The van der Waals surface area contributed by atoms with Crippen LogP contribution in [0.3, 0.4) is 0 Å². The van der Waals surface area contributed by atoms with Crippen LogP contribution in [0.1, 0.15) is 11.3 Å². The predicted octanol–water partition coefficient (Wildman–Crippen LogP) is 2.82. The molecule has 2 aromatic rings. The largest absolute Gasteiger partial charge is 0.434 e. The lowest BCUT2D eigenvalue weighted by molar-refractivity contribution is -0.0505. The summed E-state index contributed by atoms with van der Waals surface area (Å²) in [5.41, 5.74) is 1.41. The van der Waals surface area contributed by atoms with Crippen LogP contribution < -0.4 is 4.74 Å². The first kappa shape index (κ1) is 12.9. The normalized spacial score (nSPS) is 10.9. The molecular formula is C11H10BrF2N3O. The molecule has 0 amide bonds. The first-order valence-corrected chi connectivity index (χ1v) is 6.29. The molecule has 0 bridgehead atoms. The molecule has 0 aliphatic rings. The third-order valence-corrected chi connectivity index (χ3v) is 2.82. The zero-order valence-corrected chi connectivity index (χ0v) is 10.8. The zero-order chi connectivity index (χ0) is 13.0. The molecule has 2 rings (SSSR count). The van der Waals surface area contributed by atoms with Crippen molar-refractivity contribution in [2.45, 2.75) is 18.5 Å². The summed E-state index contributed by atoms with van der Waals surface area (Å²) in [4.78, 5) is 0. The van der Waals surface area contributed by atoms with E-state index in [1.165, 1.54) is 6.07 Å². The van der Waals surface area contributed by atoms with Gasteiger partial charge >= 0.3 is 6.61 Å². The highest BCUT2D eigenvalue weighted by molar-refractivity contribution is 9.08. The maximum atomic E-state index is 12.2. The Bertz CT molecular complexity index is 518. The van der Waals surface area contributed by atoms with Gasteiger partial charge in [0.15, 0.2) is 0 Å². The summed E-state index contributed by atoms with van der Waals surface area (Å²) in [6.07, 6.45) is 1.74. The lowest BCUT2D eigenvalue weighted by Crippen LogP contribution is -2.07. The number of aromatic nitrogens is 3. The van der Waals surface area contributed by atoms with Gasteiger partial charge in [0.05, 0.1) is 12.2 Å². The summed E-state index contributed by atoms with van der Waals surface area (Å²) in [5, 5.41) is 8.39. The molecule has 0 saturated heterocycles. The number of rotatable bonds is 5. The molecule has 1 heterocycles. The van der Waals surface area contributed by atoms with Crippen LogP contribution in [0.25, 0.3) is 0 Å². The standard InChI is InChI=1S/C11H10BrF2N3O/c12-5-9-7-17(16-15-9)6-8-3-1-2-4-10(8)18-11(13)14/h1-4,7,11H,5-6H2.